The van der Waals surface area contributed by atoms with Crippen molar-refractivity contribution in [3.05, 3.63) is 71.2 Å². The molecule has 1 aromatic heterocycles. The molecule has 1 heterocycles. The van der Waals surface area contributed by atoms with Crippen molar-refractivity contribution < 1.29 is 14.6 Å². The fourth-order valence-corrected chi connectivity index (χ4v) is 3.31. The Kier molecular flexibility index (Phi) is 4.81. The van der Waals surface area contributed by atoms with Gasteiger partial charge in [-0.15, -0.1) is 0 Å². The summed E-state index contributed by atoms with van der Waals surface area (Å²) >= 11 is 0. The molecule has 0 radical (unpaired) electrons. The molecule has 24 heavy (non-hydrogen) atoms. The highest BCUT2D eigenvalue weighted by Gasteiger charge is 2.36. The lowest BCUT2D eigenvalue weighted by molar-refractivity contribution is -0.608. The molecule has 0 aliphatic heterocycles. The van der Waals surface area contributed by atoms with E-state index in [4.69, 9.17) is 0 Å². The monoisotopic (exact) mass is 326 g/mol. The van der Waals surface area contributed by atoms with Crippen molar-refractivity contribution in [3.63, 3.8) is 0 Å². The smallest absolute Gasteiger partial charge is 0.320 e. The van der Waals surface area contributed by atoms with Crippen LogP contribution in [0, 0.1) is 5.21 Å². The number of pyridine rings is 1. The number of carbonyl (C=O) groups excluding carboxylic acids is 1. The molecule has 1 aromatic carbocycles. The molecule has 1 aliphatic rings. The van der Waals surface area contributed by atoms with E-state index in [9.17, 15) is 15.1 Å². The Morgan fingerprint density at radius 2 is 1.79 bits per heavy atom. The van der Waals surface area contributed by atoms with Crippen molar-refractivity contribution in [1.29, 1.82) is 0 Å². The van der Waals surface area contributed by atoms with Crippen molar-refractivity contribution in [1.82, 2.24) is 4.90 Å². The van der Waals surface area contributed by atoms with Crippen LogP contribution < -0.4 is 4.73 Å². The molecule has 0 bridgehead atoms. The highest BCUT2D eigenvalue weighted by molar-refractivity contribution is 5.91. The van der Waals surface area contributed by atoms with Gasteiger partial charge in [-0.2, -0.15) is 4.73 Å². The predicted octanol–water partition coefficient (Wildman–Crippen LogP) is 2.27. The van der Waals surface area contributed by atoms with Crippen molar-refractivity contribution in [2.45, 2.75) is 37.8 Å². The maximum atomic E-state index is 12.9. The van der Waals surface area contributed by atoms with Crippen LogP contribution in [0.2, 0.25) is 0 Å². The number of nitrogens with zero attached hydrogens (tertiary/aromatic N) is 2. The van der Waals surface area contributed by atoms with E-state index in [0.717, 1.165) is 18.4 Å². The molecule has 126 valence electrons. The van der Waals surface area contributed by atoms with Crippen LogP contribution in [-0.2, 0) is 6.54 Å². The van der Waals surface area contributed by atoms with Gasteiger partial charge < -0.3 is 15.2 Å². The molecule has 1 N–H and O–H groups in total. The normalized spacial score (nSPS) is 16.0. The van der Waals surface area contributed by atoms with Crippen molar-refractivity contribution in [2.24, 2.45) is 0 Å². The van der Waals surface area contributed by atoms with Gasteiger partial charge in [0.15, 0.2) is 6.20 Å². The molecule has 3 rings (SSSR count). The standard InChI is InChI=1S/C19H22N2O3/c22-18(17-10-4-7-13-21(17)24)20(14-16-8-2-1-3-9-16)15-19(23)11-5-6-12-19/h1-4,7-10,13,23H,5-6,11-12,14-15H2. The first kappa shape index (κ1) is 16.5. The lowest BCUT2D eigenvalue weighted by atomic mass is 10.0. The van der Waals surface area contributed by atoms with Gasteiger partial charge in [-0.1, -0.05) is 43.2 Å². The Hall–Kier alpha value is -2.40. The van der Waals surface area contributed by atoms with Crippen LogP contribution >= 0.6 is 0 Å². The minimum absolute atomic E-state index is 0.0787. The second-order valence-corrected chi connectivity index (χ2v) is 6.49. The number of rotatable bonds is 5. The van der Waals surface area contributed by atoms with E-state index in [1.807, 2.05) is 30.3 Å². The highest BCUT2D eigenvalue weighted by Crippen LogP contribution is 2.31. The summed E-state index contributed by atoms with van der Waals surface area (Å²) in [6.45, 7) is 0.618. The van der Waals surface area contributed by atoms with Crippen LogP contribution in [-0.4, -0.2) is 28.1 Å². The zero-order chi connectivity index (χ0) is 17.0. The minimum atomic E-state index is -0.854. The van der Waals surface area contributed by atoms with Gasteiger partial charge in [0, 0.05) is 18.7 Å². The molecule has 1 saturated carbocycles. The van der Waals surface area contributed by atoms with Crippen LogP contribution in [0.25, 0.3) is 0 Å². The minimum Gasteiger partial charge on any atom is -0.618 e. The average molecular weight is 326 g/mol. The van der Waals surface area contributed by atoms with Crippen LogP contribution in [0.1, 0.15) is 41.7 Å². The Morgan fingerprint density at radius 1 is 1.12 bits per heavy atom. The lowest BCUT2D eigenvalue weighted by Gasteiger charge is -2.31. The van der Waals surface area contributed by atoms with Crippen molar-refractivity contribution in [3.8, 4) is 0 Å². The fourth-order valence-electron chi connectivity index (χ4n) is 3.31. The molecular formula is C19H22N2O3. The van der Waals surface area contributed by atoms with Gasteiger partial charge in [0.25, 0.3) is 5.69 Å². The third-order valence-corrected chi connectivity index (χ3v) is 4.57. The summed E-state index contributed by atoms with van der Waals surface area (Å²) in [5.74, 6) is -0.352. The van der Waals surface area contributed by atoms with Gasteiger partial charge in [0.1, 0.15) is 0 Å². The van der Waals surface area contributed by atoms with Gasteiger partial charge in [0.05, 0.1) is 12.1 Å². The zero-order valence-electron chi connectivity index (χ0n) is 13.6. The SMILES string of the molecule is O=C(c1cccc[n+]1[O-])N(Cc1ccccc1)CC1(O)CCCC1. The van der Waals surface area contributed by atoms with Crippen molar-refractivity contribution in [2.75, 3.05) is 6.54 Å². The molecule has 0 saturated heterocycles. The summed E-state index contributed by atoms with van der Waals surface area (Å²) in [5, 5.41) is 22.7. The fraction of sp³-hybridized carbons (Fsp3) is 0.368. The second-order valence-electron chi connectivity index (χ2n) is 6.49. The van der Waals surface area contributed by atoms with Crippen LogP contribution in [0.5, 0.6) is 0 Å². The largest absolute Gasteiger partial charge is 0.618 e. The number of amides is 1. The van der Waals surface area contributed by atoms with Crippen LogP contribution in [0.3, 0.4) is 0 Å². The molecule has 0 atom stereocenters. The summed E-state index contributed by atoms with van der Waals surface area (Å²) in [6, 6.07) is 14.4. The maximum absolute atomic E-state index is 12.9. The number of hydrogen-bond acceptors (Lipinski definition) is 3. The molecule has 5 nitrogen and oxygen atoms in total. The molecular weight excluding hydrogens is 304 g/mol. The quantitative estimate of drug-likeness (QED) is 0.677. The first-order chi connectivity index (χ1) is 11.6. The van der Waals surface area contributed by atoms with Crippen molar-refractivity contribution >= 4 is 5.91 Å². The van der Waals surface area contributed by atoms with Crippen LogP contribution in [0.4, 0.5) is 0 Å². The third kappa shape index (κ3) is 3.74. The van der Waals surface area contributed by atoms with Gasteiger partial charge in [0.2, 0.25) is 0 Å². The molecule has 5 heteroatoms. The molecule has 2 aromatic rings. The molecule has 0 spiro atoms. The average Bonchev–Trinajstić information content (AvgIpc) is 3.01. The van der Waals surface area contributed by atoms with E-state index in [0.29, 0.717) is 24.1 Å². The zero-order valence-corrected chi connectivity index (χ0v) is 13.6. The lowest BCUT2D eigenvalue weighted by Crippen LogP contribution is -2.47. The summed E-state index contributed by atoms with van der Waals surface area (Å²) in [7, 11) is 0. The van der Waals surface area contributed by atoms with E-state index >= 15 is 0 Å². The summed E-state index contributed by atoms with van der Waals surface area (Å²) in [4.78, 5) is 14.5. The van der Waals surface area contributed by atoms with E-state index < -0.39 is 5.60 Å². The summed E-state index contributed by atoms with van der Waals surface area (Å²) in [5.41, 5.74) is 0.197. The van der Waals surface area contributed by atoms with E-state index in [1.54, 1.807) is 17.0 Å². The number of aromatic nitrogens is 1. The first-order valence-electron chi connectivity index (χ1n) is 8.31. The van der Waals surface area contributed by atoms with E-state index in [1.165, 1.54) is 12.3 Å². The number of benzene rings is 1. The van der Waals surface area contributed by atoms with Gasteiger partial charge in [-0.3, -0.25) is 4.79 Å². The van der Waals surface area contributed by atoms with Gasteiger partial charge in [-0.05, 0) is 24.5 Å². The Bertz CT molecular complexity index is 697. The number of aliphatic hydroxyl groups is 1. The molecule has 0 unspecified atom stereocenters. The second kappa shape index (κ2) is 7.01. The predicted molar refractivity (Wildman–Crippen MR) is 90.0 cm³/mol. The summed E-state index contributed by atoms with van der Waals surface area (Å²) in [6.07, 6.45) is 4.64. The Morgan fingerprint density at radius 3 is 2.46 bits per heavy atom. The van der Waals surface area contributed by atoms with Gasteiger partial charge in [-0.25, -0.2) is 0 Å². The first-order valence-corrected chi connectivity index (χ1v) is 8.31. The number of carbonyl (C=O) groups is 1. The molecule has 1 fully saturated rings. The topological polar surface area (TPSA) is 67.5 Å². The Balaban J connectivity index is 1.86. The van der Waals surface area contributed by atoms with Gasteiger partial charge >= 0.3 is 5.91 Å². The van der Waals surface area contributed by atoms with E-state index in [2.05, 4.69) is 0 Å². The van der Waals surface area contributed by atoms with Crippen LogP contribution in [0.15, 0.2) is 54.7 Å². The number of hydrogen-bond donors (Lipinski definition) is 1. The Labute approximate surface area is 141 Å². The third-order valence-electron chi connectivity index (χ3n) is 4.57. The maximum Gasteiger partial charge on any atom is 0.320 e. The molecule has 1 aliphatic carbocycles. The summed E-state index contributed by atoms with van der Waals surface area (Å²) < 4.78 is 0.582. The molecule has 1 amide bonds. The van der Waals surface area contributed by atoms with E-state index in [-0.39, 0.29) is 18.1 Å². The highest BCUT2D eigenvalue weighted by atomic mass is 16.5.